The molecule has 0 aromatic heterocycles. The minimum Gasteiger partial charge on any atom is -0.481 e. The first-order valence-electron chi connectivity index (χ1n) is 7.24. The van der Waals surface area contributed by atoms with Gasteiger partial charge in [-0.1, -0.05) is 0 Å². The van der Waals surface area contributed by atoms with Crippen molar-refractivity contribution in [1.29, 1.82) is 0 Å². The first kappa shape index (κ1) is 13.8. The van der Waals surface area contributed by atoms with Gasteiger partial charge in [-0.05, 0) is 49.4 Å². The topological polar surface area (TPSA) is 83.5 Å². The Balaban J connectivity index is 1.77. The highest BCUT2D eigenvalue weighted by Gasteiger charge is 2.34. The van der Waals surface area contributed by atoms with Gasteiger partial charge in [-0.15, -0.1) is 0 Å². The van der Waals surface area contributed by atoms with Gasteiger partial charge >= 0.3 is 5.97 Å². The lowest BCUT2D eigenvalue weighted by Gasteiger charge is -2.18. The quantitative estimate of drug-likeness (QED) is 0.835. The summed E-state index contributed by atoms with van der Waals surface area (Å²) in [5.74, 6) is -1.36. The highest BCUT2D eigenvalue weighted by atomic mass is 16.4. The van der Waals surface area contributed by atoms with Crippen molar-refractivity contribution in [3.63, 3.8) is 0 Å². The number of Topliss-reactive ketones (excluding diaryl/α,β-unsaturated/α-hetero) is 1. The van der Waals surface area contributed by atoms with Crippen molar-refractivity contribution in [3.05, 3.63) is 29.3 Å². The van der Waals surface area contributed by atoms with Crippen molar-refractivity contribution in [1.82, 2.24) is 0 Å². The number of hydrogen-bond acceptors (Lipinski definition) is 3. The molecule has 0 radical (unpaired) electrons. The summed E-state index contributed by atoms with van der Waals surface area (Å²) >= 11 is 0. The Bertz CT molecular complexity index is 623. The van der Waals surface area contributed by atoms with Crippen LogP contribution < -0.4 is 5.32 Å². The molecule has 21 heavy (non-hydrogen) atoms. The molecule has 2 unspecified atom stereocenters. The second-order valence-electron chi connectivity index (χ2n) is 5.83. The van der Waals surface area contributed by atoms with Crippen molar-refractivity contribution >= 4 is 23.3 Å². The normalized spacial score (nSPS) is 24.3. The Morgan fingerprint density at radius 2 is 1.90 bits per heavy atom. The summed E-state index contributed by atoms with van der Waals surface area (Å²) in [6.07, 6.45) is 2.73. The smallest absolute Gasteiger partial charge is 0.306 e. The average molecular weight is 287 g/mol. The van der Waals surface area contributed by atoms with E-state index in [1.165, 1.54) is 0 Å². The molecule has 0 bridgehead atoms. The van der Waals surface area contributed by atoms with Crippen molar-refractivity contribution in [2.75, 3.05) is 5.32 Å². The standard InChI is InChI=1S/C16H17NO4/c18-14-6-4-9-7-11(3-5-13(9)17-14)15(19)10-1-2-12(8-10)16(20)21/h3,5,7,10,12H,1-2,4,6,8H2,(H,17,18)(H,20,21). The first-order valence-corrected chi connectivity index (χ1v) is 7.24. The minimum atomic E-state index is -0.807. The van der Waals surface area contributed by atoms with Crippen molar-refractivity contribution in [3.8, 4) is 0 Å². The van der Waals surface area contributed by atoms with E-state index in [9.17, 15) is 14.4 Å². The predicted molar refractivity (Wildman–Crippen MR) is 76.2 cm³/mol. The molecule has 0 spiro atoms. The van der Waals surface area contributed by atoms with E-state index in [2.05, 4.69) is 5.32 Å². The number of carboxylic acids is 1. The Labute approximate surface area is 122 Å². The molecule has 2 N–H and O–H groups in total. The molecule has 1 aromatic carbocycles. The van der Waals surface area contributed by atoms with E-state index in [0.29, 0.717) is 37.7 Å². The summed E-state index contributed by atoms with van der Waals surface area (Å²) in [7, 11) is 0. The largest absolute Gasteiger partial charge is 0.481 e. The van der Waals surface area contributed by atoms with Crippen molar-refractivity contribution < 1.29 is 19.5 Å². The molecule has 3 rings (SSSR count). The number of anilines is 1. The second kappa shape index (κ2) is 5.31. The van der Waals surface area contributed by atoms with Crippen LogP contribution in [0.15, 0.2) is 18.2 Å². The van der Waals surface area contributed by atoms with Crippen LogP contribution in [0.25, 0.3) is 0 Å². The molecule has 2 atom stereocenters. The van der Waals surface area contributed by atoms with Crippen molar-refractivity contribution in [2.24, 2.45) is 11.8 Å². The van der Waals surface area contributed by atoms with Crippen LogP contribution in [0.1, 0.15) is 41.6 Å². The lowest BCUT2D eigenvalue weighted by atomic mass is 9.92. The van der Waals surface area contributed by atoms with Crippen LogP contribution in [0.3, 0.4) is 0 Å². The molecule has 5 heteroatoms. The van der Waals surface area contributed by atoms with Crippen LogP contribution in [0.2, 0.25) is 0 Å². The first-order chi connectivity index (χ1) is 10.0. The number of amides is 1. The van der Waals surface area contributed by atoms with E-state index >= 15 is 0 Å². The Morgan fingerprint density at radius 1 is 1.14 bits per heavy atom. The summed E-state index contributed by atoms with van der Waals surface area (Å²) in [5.41, 5.74) is 2.38. The number of aryl methyl sites for hydroxylation is 1. The molecular formula is C16H17NO4. The summed E-state index contributed by atoms with van der Waals surface area (Å²) in [4.78, 5) is 34.8. The zero-order valence-corrected chi connectivity index (χ0v) is 11.6. The van der Waals surface area contributed by atoms with E-state index < -0.39 is 11.9 Å². The Hall–Kier alpha value is -2.17. The summed E-state index contributed by atoms with van der Waals surface area (Å²) in [5, 5.41) is 11.8. The van der Waals surface area contributed by atoms with Crippen LogP contribution >= 0.6 is 0 Å². The number of hydrogen-bond donors (Lipinski definition) is 2. The molecule has 1 amide bonds. The molecule has 1 aromatic rings. The SMILES string of the molecule is O=C1CCc2cc(C(=O)C3CCC(C(=O)O)C3)ccc2N1. The van der Waals surface area contributed by atoms with Gasteiger partial charge in [0.2, 0.25) is 5.91 Å². The van der Waals surface area contributed by atoms with Crippen LogP contribution in [0.5, 0.6) is 0 Å². The molecule has 2 aliphatic rings. The third-order valence-corrected chi connectivity index (χ3v) is 4.44. The fourth-order valence-corrected chi connectivity index (χ4v) is 3.22. The molecule has 1 saturated carbocycles. The third kappa shape index (κ3) is 2.68. The number of aliphatic carboxylic acids is 1. The van der Waals surface area contributed by atoms with E-state index in [1.807, 2.05) is 6.07 Å². The molecular weight excluding hydrogens is 270 g/mol. The average Bonchev–Trinajstić information content (AvgIpc) is 2.96. The number of carbonyl (C=O) groups is 3. The summed E-state index contributed by atoms with van der Waals surface area (Å²) < 4.78 is 0. The van der Waals surface area contributed by atoms with Crippen molar-refractivity contribution in [2.45, 2.75) is 32.1 Å². The van der Waals surface area contributed by atoms with Gasteiger partial charge in [0.25, 0.3) is 0 Å². The van der Waals surface area contributed by atoms with Crippen LogP contribution in [-0.2, 0) is 16.0 Å². The van der Waals surface area contributed by atoms with Crippen LogP contribution in [0, 0.1) is 11.8 Å². The second-order valence-corrected chi connectivity index (χ2v) is 5.83. The van der Waals surface area contributed by atoms with Gasteiger partial charge in [-0.2, -0.15) is 0 Å². The third-order valence-electron chi connectivity index (χ3n) is 4.44. The van der Waals surface area contributed by atoms with Crippen LogP contribution in [-0.4, -0.2) is 22.8 Å². The highest BCUT2D eigenvalue weighted by Crippen LogP contribution is 2.34. The molecule has 5 nitrogen and oxygen atoms in total. The number of benzene rings is 1. The monoisotopic (exact) mass is 287 g/mol. The van der Waals surface area contributed by atoms with Gasteiger partial charge in [-0.25, -0.2) is 0 Å². The number of fused-ring (bicyclic) bond motifs is 1. The van der Waals surface area contributed by atoms with E-state index in [4.69, 9.17) is 5.11 Å². The highest BCUT2D eigenvalue weighted by molar-refractivity contribution is 6.00. The molecule has 1 heterocycles. The zero-order chi connectivity index (χ0) is 15.0. The lowest BCUT2D eigenvalue weighted by Crippen LogP contribution is -2.20. The number of rotatable bonds is 3. The maximum Gasteiger partial charge on any atom is 0.306 e. The zero-order valence-electron chi connectivity index (χ0n) is 11.6. The van der Waals surface area contributed by atoms with Gasteiger partial charge in [0.1, 0.15) is 0 Å². The van der Waals surface area contributed by atoms with Gasteiger partial charge in [0.15, 0.2) is 5.78 Å². The number of carboxylic acid groups (broad SMARTS) is 1. The fourth-order valence-electron chi connectivity index (χ4n) is 3.22. The molecule has 1 fully saturated rings. The molecule has 0 saturated heterocycles. The lowest BCUT2D eigenvalue weighted by molar-refractivity contribution is -0.141. The van der Waals surface area contributed by atoms with E-state index in [-0.39, 0.29) is 17.6 Å². The van der Waals surface area contributed by atoms with Crippen LogP contribution in [0.4, 0.5) is 5.69 Å². The number of ketones is 1. The van der Waals surface area contributed by atoms with E-state index in [1.54, 1.807) is 12.1 Å². The maximum atomic E-state index is 12.5. The Morgan fingerprint density at radius 3 is 2.62 bits per heavy atom. The minimum absolute atomic E-state index is 0.00155. The number of nitrogens with one attached hydrogen (secondary N) is 1. The summed E-state index contributed by atoms with van der Waals surface area (Å²) in [6, 6.07) is 5.33. The van der Waals surface area contributed by atoms with Gasteiger partial charge in [0.05, 0.1) is 5.92 Å². The number of carbonyl (C=O) groups excluding carboxylic acids is 2. The van der Waals surface area contributed by atoms with Gasteiger partial charge in [0, 0.05) is 23.6 Å². The van der Waals surface area contributed by atoms with E-state index in [0.717, 1.165) is 11.3 Å². The summed E-state index contributed by atoms with van der Waals surface area (Å²) in [6.45, 7) is 0. The predicted octanol–water partition coefficient (Wildman–Crippen LogP) is 2.25. The molecule has 1 aliphatic heterocycles. The fraction of sp³-hybridized carbons (Fsp3) is 0.438. The van der Waals surface area contributed by atoms with Gasteiger partial charge < -0.3 is 10.4 Å². The maximum absolute atomic E-state index is 12.5. The van der Waals surface area contributed by atoms with Gasteiger partial charge in [-0.3, -0.25) is 14.4 Å². The molecule has 110 valence electrons. The Kier molecular flexibility index (Phi) is 3.49. The molecule has 1 aliphatic carbocycles.